The number of ether oxygens (including phenoxy) is 1. The summed E-state index contributed by atoms with van der Waals surface area (Å²) < 4.78 is 5.38. The maximum Gasteiger partial charge on any atom is 0.326 e. The third kappa shape index (κ3) is 3.30. The van der Waals surface area contributed by atoms with E-state index in [0.29, 0.717) is 17.0 Å². The number of esters is 1. The predicted molar refractivity (Wildman–Crippen MR) is 96.6 cm³/mol. The molecule has 7 heteroatoms. The summed E-state index contributed by atoms with van der Waals surface area (Å²) >= 11 is 6.11. The average molecular weight is 379 g/mol. The summed E-state index contributed by atoms with van der Waals surface area (Å²) in [6.07, 6.45) is 2.86. The van der Waals surface area contributed by atoms with Crippen LogP contribution in [0.2, 0.25) is 5.02 Å². The molecule has 1 heterocycles. The smallest absolute Gasteiger partial charge is 0.326 e. The number of urea groups is 1. The third-order valence-electron chi connectivity index (χ3n) is 5.44. The first-order chi connectivity index (χ1) is 12.3. The van der Waals surface area contributed by atoms with Crippen LogP contribution in [0.1, 0.15) is 51.2 Å². The van der Waals surface area contributed by atoms with Crippen molar-refractivity contribution < 1.29 is 19.1 Å². The van der Waals surface area contributed by atoms with Gasteiger partial charge in [-0.2, -0.15) is 0 Å². The molecule has 1 aromatic carbocycles. The van der Waals surface area contributed by atoms with Crippen LogP contribution in [-0.2, 0) is 14.3 Å². The van der Waals surface area contributed by atoms with Gasteiger partial charge in [0.1, 0.15) is 18.2 Å². The second-order valence-corrected chi connectivity index (χ2v) is 7.50. The van der Waals surface area contributed by atoms with E-state index in [1.165, 1.54) is 0 Å². The van der Waals surface area contributed by atoms with Crippen molar-refractivity contribution in [2.24, 2.45) is 5.92 Å². The van der Waals surface area contributed by atoms with E-state index in [9.17, 15) is 14.4 Å². The van der Waals surface area contributed by atoms with E-state index in [2.05, 4.69) is 5.32 Å². The maximum absolute atomic E-state index is 12.9. The number of rotatable bonds is 4. The second kappa shape index (κ2) is 7.27. The highest BCUT2D eigenvalue weighted by Crippen LogP contribution is 2.38. The van der Waals surface area contributed by atoms with Gasteiger partial charge in [0.25, 0.3) is 5.91 Å². The first kappa shape index (κ1) is 18.7. The number of benzene rings is 1. The number of hydrogen-bond acceptors (Lipinski definition) is 4. The highest BCUT2D eigenvalue weighted by atomic mass is 35.5. The van der Waals surface area contributed by atoms with Crippen molar-refractivity contribution in [3.63, 3.8) is 0 Å². The number of amides is 3. The molecule has 1 spiro atoms. The van der Waals surface area contributed by atoms with Crippen molar-refractivity contribution in [2.75, 3.05) is 6.54 Å². The van der Waals surface area contributed by atoms with Crippen LogP contribution in [0.3, 0.4) is 0 Å². The van der Waals surface area contributed by atoms with Gasteiger partial charge in [-0.1, -0.05) is 49.6 Å². The molecule has 1 aliphatic carbocycles. The minimum Gasteiger partial charge on any atom is -0.456 e. The largest absolute Gasteiger partial charge is 0.456 e. The lowest BCUT2D eigenvalue weighted by Gasteiger charge is -2.36. The van der Waals surface area contributed by atoms with Gasteiger partial charge in [0.15, 0.2) is 0 Å². The fourth-order valence-electron chi connectivity index (χ4n) is 3.87. The van der Waals surface area contributed by atoms with Crippen LogP contribution in [0.25, 0.3) is 0 Å². The number of carbonyl (C=O) groups excluding carboxylic acids is 3. The van der Waals surface area contributed by atoms with Gasteiger partial charge in [-0.15, -0.1) is 0 Å². The molecule has 1 aliphatic heterocycles. The molecule has 0 aromatic heterocycles. The molecule has 3 amide bonds. The Morgan fingerprint density at radius 1 is 1.38 bits per heavy atom. The number of imide groups is 1. The lowest BCUT2D eigenvalue weighted by molar-refractivity contribution is -0.152. The van der Waals surface area contributed by atoms with Crippen molar-refractivity contribution in [3.05, 3.63) is 34.9 Å². The van der Waals surface area contributed by atoms with Gasteiger partial charge in [0.05, 0.1) is 0 Å². The molecule has 3 rings (SSSR count). The van der Waals surface area contributed by atoms with Gasteiger partial charge in [-0.3, -0.25) is 14.5 Å². The Hall–Kier alpha value is -2.08. The Kier molecular flexibility index (Phi) is 5.23. The number of nitrogens with zero attached hydrogens (tertiary/aromatic N) is 1. The SMILES string of the molecule is C[C@H](OC(=O)CN1C(=O)N[C@]2(CCCC[C@H]2C)C1=O)c1ccccc1Cl. The van der Waals surface area contributed by atoms with E-state index in [1.807, 2.05) is 6.92 Å². The Morgan fingerprint density at radius 3 is 2.81 bits per heavy atom. The molecule has 0 unspecified atom stereocenters. The quantitative estimate of drug-likeness (QED) is 0.643. The molecule has 2 fully saturated rings. The molecule has 1 N–H and O–H groups in total. The van der Waals surface area contributed by atoms with Crippen molar-refractivity contribution in [2.45, 2.75) is 51.2 Å². The van der Waals surface area contributed by atoms with Gasteiger partial charge in [0.2, 0.25) is 0 Å². The fourth-order valence-corrected chi connectivity index (χ4v) is 4.16. The zero-order valence-electron chi connectivity index (χ0n) is 15.0. The summed E-state index contributed by atoms with van der Waals surface area (Å²) in [6.45, 7) is 3.28. The number of hydrogen-bond donors (Lipinski definition) is 1. The van der Waals surface area contributed by atoms with E-state index in [-0.39, 0.29) is 11.8 Å². The summed E-state index contributed by atoms with van der Waals surface area (Å²) in [7, 11) is 0. The lowest BCUT2D eigenvalue weighted by Crippen LogP contribution is -2.54. The van der Waals surface area contributed by atoms with Crippen LogP contribution < -0.4 is 5.32 Å². The summed E-state index contributed by atoms with van der Waals surface area (Å²) in [5, 5.41) is 3.32. The minimum absolute atomic E-state index is 0.0516. The normalized spacial score (nSPS) is 26.7. The van der Waals surface area contributed by atoms with Crippen LogP contribution in [0.5, 0.6) is 0 Å². The molecule has 140 valence electrons. The van der Waals surface area contributed by atoms with Crippen LogP contribution >= 0.6 is 11.6 Å². The monoisotopic (exact) mass is 378 g/mol. The summed E-state index contributed by atoms with van der Waals surface area (Å²) in [5.74, 6) is -0.908. The zero-order valence-corrected chi connectivity index (χ0v) is 15.7. The lowest BCUT2D eigenvalue weighted by atomic mass is 9.73. The number of halogens is 1. The Bertz CT molecular complexity index is 738. The van der Waals surface area contributed by atoms with Gasteiger partial charge < -0.3 is 10.1 Å². The third-order valence-corrected chi connectivity index (χ3v) is 5.78. The number of nitrogens with one attached hydrogen (secondary N) is 1. The topological polar surface area (TPSA) is 75.7 Å². The Labute approximate surface area is 157 Å². The zero-order chi connectivity index (χ0) is 18.9. The van der Waals surface area contributed by atoms with Gasteiger partial charge in [-0.25, -0.2) is 4.79 Å². The first-order valence-corrected chi connectivity index (χ1v) is 9.31. The highest BCUT2D eigenvalue weighted by Gasteiger charge is 2.55. The summed E-state index contributed by atoms with van der Waals surface area (Å²) in [4.78, 5) is 38.5. The van der Waals surface area contributed by atoms with E-state index >= 15 is 0 Å². The van der Waals surface area contributed by atoms with E-state index in [0.717, 1.165) is 24.2 Å². The van der Waals surface area contributed by atoms with Crippen molar-refractivity contribution in [1.82, 2.24) is 10.2 Å². The molecule has 0 bridgehead atoms. The minimum atomic E-state index is -0.871. The highest BCUT2D eigenvalue weighted by molar-refractivity contribution is 6.31. The summed E-state index contributed by atoms with van der Waals surface area (Å²) in [6, 6.07) is 6.56. The van der Waals surface area contributed by atoms with Crippen molar-refractivity contribution in [3.8, 4) is 0 Å². The Morgan fingerprint density at radius 2 is 2.12 bits per heavy atom. The van der Waals surface area contributed by atoms with Gasteiger partial charge in [-0.05, 0) is 31.7 Å². The molecule has 6 nitrogen and oxygen atoms in total. The van der Waals surface area contributed by atoms with Crippen LogP contribution in [0.4, 0.5) is 4.79 Å². The second-order valence-electron chi connectivity index (χ2n) is 7.09. The van der Waals surface area contributed by atoms with Gasteiger partial charge in [0, 0.05) is 10.6 Å². The van der Waals surface area contributed by atoms with E-state index in [1.54, 1.807) is 31.2 Å². The fraction of sp³-hybridized carbons (Fsp3) is 0.526. The van der Waals surface area contributed by atoms with Crippen LogP contribution in [0, 0.1) is 5.92 Å². The van der Waals surface area contributed by atoms with Crippen molar-refractivity contribution in [1.29, 1.82) is 0 Å². The molecule has 1 saturated carbocycles. The van der Waals surface area contributed by atoms with Gasteiger partial charge >= 0.3 is 12.0 Å². The summed E-state index contributed by atoms with van der Waals surface area (Å²) in [5.41, 5.74) is -0.193. The molecule has 2 aliphatic rings. The predicted octanol–water partition coefficient (Wildman–Crippen LogP) is 3.44. The molecule has 3 atom stereocenters. The standard InChI is InChI=1S/C19H23ClN2O4/c1-12-7-5-6-10-19(12)17(24)22(18(25)21-19)11-16(23)26-13(2)14-8-3-4-9-15(14)20/h3-4,8-9,12-13H,5-7,10-11H2,1-2H3,(H,21,25)/t12-,13+,19+/m1/s1. The maximum atomic E-state index is 12.9. The van der Waals surface area contributed by atoms with Crippen molar-refractivity contribution >= 4 is 29.5 Å². The molecular weight excluding hydrogens is 356 g/mol. The van der Waals surface area contributed by atoms with Crippen LogP contribution in [0.15, 0.2) is 24.3 Å². The average Bonchev–Trinajstić information content (AvgIpc) is 2.83. The molecule has 0 radical (unpaired) electrons. The molecule has 26 heavy (non-hydrogen) atoms. The molecule has 1 saturated heterocycles. The molecular formula is C19H23ClN2O4. The van der Waals surface area contributed by atoms with E-state index < -0.39 is 30.2 Å². The number of carbonyl (C=O) groups is 3. The molecule has 1 aromatic rings. The Balaban J connectivity index is 1.67. The van der Waals surface area contributed by atoms with E-state index in [4.69, 9.17) is 16.3 Å². The van der Waals surface area contributed by atoms with Crippen LogP contribution in [-0.4, -0.2) is 34.9 Å². The first-order valence-electron chi connectivity index (χ1n) is 8.93.